The molecule has 1 aromatic rings. The van der Waals surface area contributed by atoms with Gasteiger partial charge in [0.1, 0.15) is 0 Å². The van der Waals surface area contributed by atoms with Crippen LogP contribution in [0.4, 0.5) is 5.69 Å². The van der Waals surface area contributed by atoms with Crippen LogP contribution < -0.4 is 5.73 Å². The number of amidine groups is 1. The summed E-state index contributed by atoms with van der Waals surface area (Å²) in [5.74, 6) is 0.639. The van der Waals surface area contributed by atoms with Gasteiger partial charge in [-0.1, -0.05) is 30.7 Å². The van der Waals surface area contributed by atoms with Crippen molar-refractivity contribution in [1.29, 1.82) is 0 Å². The summed E-state index contributed by atoms with van der Waals surface area (Å²) in [6.45, 7) is 4.03. The van der Waals surface area contributed by atoms with E-state index in [4.69, 9.17) is 17.3 Å². The second-order valence-corrected chi connectivity index (χ2v) is 3.64. The molecule has 0 heterocycles. The number of rotatable bonds is 3. The topological polar surface area (TPSA) is 38.4 Å². The molecule has 14 heavy (non-hydrogen) atoms. The maximum Gasteiger partial charge on any atom is 0.0996 e. The van der Waals surface area contributed by atoms with Gasteiger partial charge in [0, 0.05) is 6.42 Å². The molecule has 0 atom stereocenters. The minimum atomic E-state index is 0.639. The highest BCUT2D eigenvalue weighted by atomic mass is 35.5. The van der Waals surface area contributed by atoms with Gasteiger partial charge in [0.05, 0.1) is 16.5 Å². The number of aliphatic imine (C=N–C) groups is 1. The predicted octanol–water partition coefficient (Wildman–Crippen LogP) is 3.44. The SMILES string of the molecule is CCCC(N)=Nc1cccc(C)c1Cl. The number of hydrogen-bond acceptors (Lipinski definition) is 1. The van der Waals surface area contributed by atoms with E-state index in [1.807, 2.05) is 25.1 Å². The summed E-state index contributed by atoms with van der Waals surface area (Å²) in [7, 11) is 0. The van der Waals surface area contributed by atoms with Gasteiger partial charge in [-0.2, -0.15) is 0 Å². The van der Waals surface area contributed by atoms with Crippen molar-refractivity contribution in [2.75, 3.05) is 0 Å². The number of aryl methyl sites for hydroxylation is 1. The van der Waals surface area contributed by atoms with E-state index in [0.29, 0.717) is 10.9 Å². The fourth-order valence-corrected chi connectivity index (χ4v) is 1.35. The lowest BCUT2D eigenvalue weighted by atomic mass is 10.2. The molecular weight excluding hydrogens is 196 g/mol. The normalized spacial score (nSPS) is 11.8. The predicted molar refractivity (Wildman–Crippen MR) is 62.4 cm³/mol. The number of nitrogens with two attached hydrogens (primary N) is 1. The Morgan fingerprint density at radius 2 is 2.21 bits per heavy atom. The zero-order valence-corrected chi connectivity index (χ0v) is 9.30. The Hall–Kier alpha value is -1.02. The molecule has 0 aliphatic heterocycles. The van der Waals surface area contributed by atoms with Crippen molar-refractivity contribution in [1.82, 2.24) is 0 Å². The Bertz CT molecular complexity index is 345. The number of benzene rings is 1. The first kappa shape index (κ1) is 11.1. The fourth-order valence-electron chi connectivity index (χ4n) is 1.19. The molecule has 0 aliphatic rings. The highest BCUT2D eigenvalue weighted by Crippen LogP contribution is 2.27. The van der Waals surface area contributed by atoms with Gasteiger partial charge in [-0.05, 0) is 25.0 Å². The molecule has 76 valence electrons. The second kappa shape index (κ2) is 5.01. The lowest BCUT2D eigenvalue weighted by Gasteiger charge is -2.03. The van der Waals surface area contributed by atoms with Crippen molar-refractivity contribution in [3.05, 3.63) is 28.8 Å². The van der Waals surface area contributed by atoms with Crippen LogP contribution in [0.25, 0.3) is 0 Å². The fraction of sp³-hybridized carbons (Fsp3) is 0.364. The maximum atomic E-state index is 6.07. The van der Waals surface area contributed by atoms with E-state index in [9.17, 15) is 0 Å². The van der Waals surface area contributed by atoms with Gasteiger partial charge in [0.2, 0.25) is 0 Å². The number of halogens is 1. The molecule has 0 spiro atoms. The Kier molecular flexibility index (Phi) is 3.96. The number of nitrogens with zero attached hydrogens (tertiary/aromatic N) is 1. The molecule has 0 aliphatic carbocycles. The molecule has 2 nitrogen and oxygen atoms in total. The van der Waals surface area contributed by atoms with Crippen molar-refractivity contribution < 1.29 is 0 Å². The zero-order valence-electron chi connectivity index (χ0n) is 8.55. The highest BCUT2D eigenvalue weighted by molar-refractivity contribution is 6.33. The van der Waals surface area contributed by atoms with Gasteiger partial charge in [0.25, 0.3) is 0 Å². The average molecular weight is 211 g/mol. The summed E-state index contributed by atoms with van der Waals surface area (Å²) in [6, 6.07) is 5.76. The largest absolute Gasteiger partial charge is 0.387 e. The standard InChI is InChI=1S/C11H15ClN2/c1-3-5-10(13)14-9-7-4-6-8(2)11(9)12/h4,6-7H,3,5H2,1-2H3,(H2,13,14). The molecule has 2 N–H and O–H groups in total. The van der Waals surface area contributed by atoms with Crippen molar-refractivity contribution >= 4 is 23.1 Å². The van der Waals surface area contributed by atoms with E-state index in [2.05, 4.69) is 11.9 Å². The minimum Gasteiger partial charge on any atom is -0.387 e. The molecule has 0 amide bonds. The monoisotopic (exact) mass is 210 g/mol. The molecule has 0 aromatic heterocycles. The second-order valence-electron chi connectivity index (χ2n) is 3.26. The van der Waals surface area contributed by atoms with Crippen molar-refractivity contribution in [3.63, 3.8) is 0 Å². The van der Waals surface area contributed by atoms with E-state index < -0.39 is 0 Å². The van der Waals surface area contributed by atoms with Crippen LogP contribution in [0.1, 0.15) is 25.3 Å². The third kappa shape index (κ3) is 2.74. The Morgan fingerprint density at radius 1 is 1.50 bits per heavy atom. The Labute approximate surface area is 89.8 Å². The quantitative estimate of drug-likeness (QED) is 0.603. The van der Waals surface area contributed by atoms with Gasteiger partial charge >= 0.3 is 0 Å². The van der Waals surface area contributed by atoms with Gasteiger partial charge < -0.3 is 5.73 Å². The van der Waals surface area contributed by atoms with E-state index in [1.54, 1.807) is 0 Å². The first-order chi connectivity index (χ1) is 6.65. The smallest absolute Gasteiger partial charge is 0.0996 e. The molecule has 0 saturated heterocycles. The molecule has 0 radical (unpaired) electrons. The van der Waals surface area contributed by atoms with Gasteiger partial charge in [0.15, 0.2) is 0 Å². The zero-order chi connectivity index (χ0) is 10.6. The van der Waals surface area contributed by atoms with Crippen molar-refractivity contribution in [2.45, 2.75) is 26.7 Å². The molecule has 0 fully saturated rings. The summed E-state index contributed by atoms with van der Waals surface area (Å²) in [5.41, 5.74) is 7.51. The number of hydrogen-bond donors (Lipinski definition) is 1. The summed E-state index contributed by atoms with van der Waals surface area (Å²) >= 11 is 6.07. The van der Waals surface area contributed by atoms with E-state index in [0.717, 1.165) is 24.1 Å². The van der Waals surface area contributed by atoms with Crippen molar-refractivity contribution in [2.24, 2.45) is 10.7 Å². The Morgan fingerprint density at radius 3 is 2.86 bits per heavy atom. The molecule has 1 aromatic carbocycles. The van der Waals surface area contributed by atoms with Gasteiger partial charge in [-0.15, -0.1) is 0 Å². The molecule has 0 unspecified atom stereocenters. The lowest BCUT2D eigenvalue weighted by molar-refractivity contribution is 0.983. The molecular formula is C11H15ClN2. The Balaban J connectivity index is 2.96. The third-order valence-corrected chi connectivity index (χ3v) is 2.43. The summed E-state index contributed by atoms with van der Waals surface area (Å²) in [5, 5.41) is 0.687. The summed E-state index contributed by atoms with van der Waals surface area (Å²) in [6.07, 6.45) is 1.81. The van der Waals surface area contributed by atoms with Crippen LogP contribution in [0.3, 0.4) is 0 Å². The maximum absolute atomic E-state index is 6.07. The van der Waals surface area contributed by atoms with E-state index in [1.165, 1.54) is 0 Å². The van der Waals surface area contributed by atoms with Crippen LogP contribution in [0, 0.1) is 6.92 Å². The summed E-state index contributed by atoms with van der Waals surface area (Å²) in [4.78, 5) is 4.27. The van der Waals surface area contributed by atoms with Gasteiger partial charge in [-0.3, -0.25) is 0 Å². The molecule has 0 saturated carbocycles. The van der Waals surface area contributed by atoms with Crippen molar-refractivity contribution in [3.8, 4) is 0 Å². The first-order valence-electron chi connectivity index (χ1n) is 4.73. The summed E-state index contributed by atoms with van der Waals surface area (Å²) < 4.78 is 0. The highest BCUT2D eigenvalue weighted by Gasteiger charge is 2.01. The van der Waals surface area contributed by atoms with Crippen LogP contribution in [0.2, 0.25) is 5.02 Å². The van der Waals surface area contributed by atoms with E-state index >= 15 is 0 Å². The van der Waals surface area contributed by atoms with Gasteiger partial charge in [-0.25, -0.2) is 4.99 Å². The van der Waals surface area contributed by atoms with E-state index in [-0.39, 0.29) is 0 Å². The molecule has 1 rings (SSSR count). The molecule has 0 bridgehead atoms. The third-order valence-electron chi connectivity index (χ3n) is 1.94. The van der Waals surface area contributed by atoms with Crippen LogP contribution in [-0.2, 0) is 0 Å². The first-order valence-corrected chi connectivity index (χ1v) is 5.11. The van der Waals surface area contributed by atoms with Crippen LogP contribution in [0.5, 0.6) is 0 Å². The van der Waals surface area contributed by atoms with Crippen LogP contribution in [-0.4, -0.2) is 5.84 Å². The van der Waals surface area contributed by atoms with Crippen LogP contribution >= 0.6 is 11.6 Å². The minimum absolute atomic E-state index is 0.639. The average Bonchev–Trinajstić information content (AvgIpc) is 2.13. The molecule has 3 heteroatoms. The van der Waals surface area contributed by atoms with Crippen LogP contribution in [0.15, 0.2) is 23.2 Å². The lowest BCUT2D eigenvalue weighted by Crippen LogP contribution is -2.09.